The Morgan fingerprint density at radius 1 is 1.38 bits per heavy atom. The summed E-state index contributed by atoms with van der Waals surface area (Å²) in [5.41, 5.74) is 0. The van der Waals surface area contributed by atoms with Crippen LogP contribution >= 0.6 is 0 Å². The third-order valence-electron chi connectivity index (χ3n) is 2.17. The standard InChI is InChI=1S/C8H16N2O5S/c11-8(12)7-16(13,14)9-1-2-10-3-5-15-6-4-10/h9H,1-7H2,(H,11,12). The summed E-state index contributed by atoms with van der Waals surface area (Å²) in [5, 5.41) is 8.35. The fraction of sp³-hybridized carbons (Fsp3) is 0.875. The van der Waals surface area contributed by atoms with E-state index in [1.54, 1.807) is 0 Å². The maximum Gasteiger partial charge on any atom is 0.320 e. The molecule has 0 unspecified atom stereocenters. The van der Waals surface area contributed by atoms with E-state index in [2.05, 4.69) is 9.62 Å². The van der Waals surface area contributed by atoms with Gasteiger partial charge in [0.1, 0.15) is 0 Å². The smallest absolute Gasteiger partial charge is 0.320 e. The molecule has 1 heterocycles. The molecule has 1 aliphatic heterocycles. The van der Waals surface area contributed by atoms with Crippen molar-refractivity contribution in [1.82, 2.24) is 9.62 Å². The molecule has 7 nitrogen and oxygen atoms in total. The topological polar surface area (TPSA) is 95.9 Å². The number of carboxylic acid groups (broad SMARTS) is 1. The maximum absolute atomic E-state index is 11.1. The van der Waals surface area contributed by atoms with E-state index in [-0.39, 0.29) is 6.54 Å². The molecule has 1 saturated heterocycles. The van der Waals surface area contributed by atoms with Gasteiger partial charge in [-0.3, -0.25) is 9.69 Å². The molecule has 0 saturated carbocycles. The van der Waals surface area contributed by atoms with Crippen molar-refractivity contribution >= 4 is 16.0 Å². The second-order valence-corrected chi connectivity index (χ2v) is 5.31. The van der Waals surface area contributed by atoms with Gasteiger partial charge in [0.2, 0.25) is 10.0 Å². The fourth-order valence-electron chi connectivity index (χ4n) is 1.40. The molecule has 0 bridgehead atoms. The molecule has 8 heteroatoms. The lowest BCUT2D eigenvalue weighted by molar-refractivity contribution is -0.134. The Morgan fingerprint density at radius 3 is 2.56 bits per heavy atom. The van der Waals surface area contributed by atoms with E-state index >= 15 is 0 Å². The maximum atomic E-state index is 11.1. The number of carbonyl (C=O) groups is 1. The number of rotatable bonds is 6. The molecule has 1 aliphatic rings. The van der Waals surface area contributed by atoms with E-state index < -0.39 is 21.7 Å². The van der Waals surface area contributed by atoms with Crippen LogP contribution in [0.5, 0.6) is 0 Å². The largest absolute Gasteiger partial charge is 0.480 e. The van der Waals surface area contributed by atoms with Gasteiger partial charge in [-0.2, -0.15) is 0 Å². The number of morpholine rings is 1. The van der Waals surface area contributed by atoms with Gasteiger partial charge in [0.05, 0.1) is 13.2 Å². The second kappa shape index (κ2) is 6.14. The molecule has 0 aromatic rings. The molecule has 0 spiro atoms. The number of hydrogen-bond donors (Lipinski definition) is 2. The van der Waals surface area contributed by atoms with Gasteiger partial charge in [0.15, 0.2) is 5.75 Å². The third kappa shape index (κ3) is 5.40. The SMILES string of the molecule is O=C(O)CS(=O)(=O)NCCN1CCOCC1. The molecule has 0 amide bonds. The molecule has 1 rings (SSSR count). The van der Waals surface area contributed by atoms with Crippen molar-refractivity contribution in [2.75, 3.05) is 45.1 Å². The summed E-state index contributed by atoms with van der Waals surface area (Å²) in [4.78, 5) is 12.3. The molecule has 0 atom stereocenters. The highest BCUT2D eigenvalue weighted by atomic mass is 32.2. The van der Waals surface area contributed by atoms with Crippen molar-refractivity contribution in [1.29, 1.82) is 0 Å². The number of nitrogens with zero attached hydrogens (tertiary/aromatic N) is 1. The molecule has 2 N–H and O–H groups in total. The van der Waals surface area contributed by atoms with Crippen LogP contribution in [-0.4, -0.2) is 69.5 Å². The van der Waals surface area contributed by atoms with Crippen LogP contribution in [-0.2, 0) is 19.6 Å². The van der Waals surface area contributed by atoms with Crippen molar-refractivity contribution < 1.29 is 23.1 Å². The summed E-state index contributed by atoms with van der Waals surface area (Å²) in [6.07, 6.45) is 0. The zero-order chi connectivity index (χ0) is 12.0. The normalized spacial score (nSPS) is 18.5. The Balaban J connectivity index is 2.21. The van der Waals surface area contributed by atoms with Crippen LogP contribution in [0, 0.1) is 0 Å². The van der Waals surface area contributed by atoms with Crippen LogP contribution in [0.3, 0.4) is 0 Å². The van der Waals surface area contributed by atoms with Crippen molar-refractivity contribution in [2.45, 2.75) is 0 Å². The first-order valence-electron chi connectivity index (χ1n) is 4.99. The van der Waals surface area contributed by atoms with Crippen LogP contribution in [0.15, 0.2) is 0 Å². The summed E-state index contributed by atoms with van der Waals surface area (Å²) in [6.45, 7) is 3.67. The Hall–Kier alpha value is -0.700. The molecule has 0 radical (unpaired) electrons. The lowest BCUT2D eigenvalue weighted by Gasteiger charge is -2.26. The van der Waals surface area contributed by atoms with Crippen LogP contribution < -0.4 is 4.72 Å². The Morgan fingerprint density at radius 2 is 2.00 bits per heavy atom. The van der Waals surface area contributed by atoms with Gasteiger partial charge in [-0.1, -0.05) is 0 Å². The van der Waals surface area contributed by atoms with Gasteiger partial charge < -0.3 is 9.84 Å². The van der Waals surface area contributed by atoms with Crippen molar-refractivity contribution in [3.8, 4) is 0 Å². The Kier molecular flexibility index (Phi) is 5.13. The van der Waals surface area contributed by atoms with E-state index in [1.807, 2.05) is 0 Å². The van der Waals surface area contributed by atoms with E-state index in [0.717, 1.165) is 13.1 Å². The Bertz CT molecular complexity index is 323. The minimum absolute atomic E-state index is 0.232. The van der Waals surface area contributed by atoms with E-state index in [1.165, 1.54) is 0 Å². The monoisotopic (exact) mass is 252 g/mol. The minimum atomic E-state index is -3.69. The van der Waals surface area contributed by atoms with Gasteiger partial charge in [-0.25, -0.2) is 13.1 Å². The molecule has 1 fully saturated rings. The quantitative estimate of drug-likeness (QED) is 0.586. The first-order valence-corrected chi connectivity index (χ1v) is 6.64. The van der Waals surface area contributed by atoms with Gasteiger partial charge in [0, 0.05) is 26.2 Å². The predicted molar refractivity (Wildman–Crippen MR) is 56.7 cm³/mol. The van der Waals surface area contributed by atoms with Crippen LogP contribution in [0.2, 0.25) is 0 Å². The summed E-state index contributed by atoms with van der Waals surface area (Å²) in [5.74, 6) is -2.23. The second-order valence-electron chi connectivity index (χ2n) is 3.50. The van der Waals surface area contributed by atoms with Gasteiger partial charge in [-0.05, 0) is 0 Å². The highest BCUT2D eigenvalue weighted by Gasteiger charge is 2.16. The number of nitrogens with one attached hydrogen (secondary N) is 1. The first-order chi connectivity index (χ1) is 7.49. The van der Waals surface area contributed by atoms with E-state index in [4.69, 9.17) is 9.84 Å². The van der Waals surface area contributed by atoms with Crippen LogP contribution in [0.1, 0.15) is 0 Å². The van der Waals surface area contributed by atoms with Crippen molar-refractivity contribution in [2.24, 2.45) is 0 Å². The van der Waals surface area contributed by atoms with Crippen molar-refractivity contribution in [3.05, 3.63) is 0 Å². The summed E-state index contributed by atoms with van der Waals surface area (Å²) in [7, 11) is -3.69. The zero-order valence-corrected chi connectivity index (χ0v) is 9.70. The molecule has 0 aromatic heterocycles. The average molecular weight is 252 g/mol. The third-order valence-corrected chi connectivity index (χ3v) is 3.44. The number of hydrogen-bond acceptors (Lipinski definition) is 5. The summed E-state index contributed by atoms with van der Waals surface area (Å²) < 4.78 is 29.7. The first kappa shape index (κ1) is 13.4. The van der Waals surface area contributed by atoms with E-state index in [0.29, 0.717) is 19.8 Å². The lowest BCUT2D eigenvalue weighted by atomic mass is 10.4. The van der Waals surface area contributed by atoms with Crippen molar-refractivity contribution in [3.63, 3.8) is 0 Å². The Labute approximate surface area is 94.4 Å². The molecular formula is C8H16N2O5S. The molecule has 0 aromatic carbocycles. The molecule has 94 valence electrons. The van der Waals surface area contributed by atoms with Gasteiger partial charge in [0.25, 0.3) is 0 Å². The minimum Gasteiger partial charge on any atom is -0.480 e. The fourth-order valence-corrected chi connectivity index (χ4v) is 2.23. The highest BCUT2D eigenvalue weighted by Crippen LogP contribution is 1.95. The summed E-state index contributed by atoms with van der Waals surface area (Å²) >= 11 is 0. The van der Waals surface area contributed by atoms with Crippen LogP contribution in [0.25, 0.3) is 0 Å². The van der Waals surface area contributed by atoms with Crippen LogP contribution in [0.4, 0.5) is 0 Å². The van der Waals surface area contributed by atoms with Gasteiger partial charge in [-0.15, -0.1) is 0 Å². The zero-order valence-electron chi connectivity index (χ0n) is 8.89. The number of sulfonamides is 1. The van der Waals surface area contributed by atoms with E-state index in [9.17, 15) is 13.2 Å². The highest BCUT2D eigenvalue weighted by molar-refractivity contribution is 7.90. The number of ether oxygens (including phenoxy) is 1. The molecular weight excluding hydrogens is 236 g/mol. The predicted octanol–water partition coefficient (Wildman–Crippen LogP) is -1.68. The van der Waals surface area contributed by atoms with Gasteiger partial charge >= 0.3 is 5.97 Å². The molecule has 16 heavy (non-hydrogen) atoms. The number of carboxylic acids is 1. The lowest BCUT2D eigenvalue weighted by Crippen LogP contribution is -2.42. The summed E-state index contributed by atoms with van der Waals surface area (Å²) in [6, 6.07) is 0. The molecule has 0 aliphatic carbocycles. The number of aliphatic carboxylic acids is 1. The average Bonchev–Trinajstić information content (AvgIpc) is 2.16.